The summed E-state index contributed by atoms with van der Waals surface area (Å²) in [5.41, 5.74) is 2.88. The molecule has 8 heteroatoms. The molecule has 4 rings (SSSR count). The first-order chi connectivity index (χ1) is 15.6. The minimum absolute atomic E-state index is 0.106. The zero-order chi connectivity index (χ0) is 22.3. The van der Waals surface area contributed by atoms with Gasteiger partial charge in [0.2, 0.25) is 5.91 Å². The van der Waals surface area contributed by atoms with E-state index in [9.17, 15) is 9.59 Å². The van der Waals surface area contributed by atoms with E-state index in [4.69, 9.17) is 4.74 Å². The first-order valence-electron chi connectivity index (χ1n) is 10.2. The normalized spacial score (nSPS) is 10.7. The average Bonchev–Trinajstić information content (AvgIpc) is 3.30. The predicted octanol–water partition coefficient (Wildman–Crippen LogP) is 3.75. The van der Waals surface area contributed by atoms with Gasteiger partial charge in [0.25, 0.3) is 5.56 Å². The fraction of sp³-hybridized carbons (Fsp3) is 0.167. The van der Waals surface area contributed by atoms with Crippen LogP contribution in [0.1, 0.15) is 12.6 Å². The smallest absolute Gasteiger partial charge is 0.254 e. The third kappa shape index (κ3) is 5.28. The van der Waals surface area contributed by atoms with Crippen LogP contribution in [0.4, 0.5) is 0 Å². The Morgan fingerprint density at radius 3 is 2.59 bits per heavy atom. The summed E-state index contributed by atoms with van der Waals surface area (Å²) in [6.45, 7) is 2.70. The zero-order valence-corrected chi connectivity index (χ0v) is 18.3. The monoisotopic (exact) mass is 446 g/mol. The quantitative estimate of drug-likeness (QED) is 0.446. The van der Waals surface area contributed by atoms with E-state index in [0.717, 1.165) is 27.6 Å². The largest absolute Gasteiger partial charge is 0.494 e. The molecule has 0 unspecified atom stereocenters. The van der Waals surface area contributed by atoms with Crippen molar-refractivity contribution in [2.24, 2.45) is 0 Å². The molecule has 0 atom stereocenters. The van der Waals surface area contributed by atoms with Crippen LogP contribution in [0.25, 0.3) is 21.8 Å². The van der Waals surface area contributed by atoms with Crippen LogP contribution >= 0.6 is 11.3 Å². The molecule has 2 aromatic carbocycles. The number of carbonyl (C=O) groups excluding carboxylic acids is 1. The molecule has 0 radical (unpaired) electrons. The van der Waals surface area contributed by atoms with E-state index < -0.39 is 0 Å². The van der Waals surface area contributed by atoms with Crippen LogP contribution in [-0.2, 0) is 17.9 Å². The van der Waals surface area contributed by atoms with Crippen LogP contribution in [0.15, 0.2) is 77.2 Å². The van der Waals surface area contributed by atoms with Gasteiger partial charge in [-0.05, 0) is 31.2 Å². The summed E-state index contributed by atoms with van der Waals surface area (Å²) in [7, 11) is 0. The van der Waals surface area contributed by atoms with Crippen molar-refractivity contribution in [2.75, 3.05) is 6.61 Å². The number of carbonyl (C=O) groups is 1. The van der Waals surface area contributed by atoms with E-state index in [0.29, 0.717) is 18.8 Å². The van der Waals surface area contributed by atoms with Gasteiger partial charge in [-0.2, -0.15) is 0 Å². The van der Waals surface area contributed by atoms with Crippen LogP contribution in [-0.4, -0.2) is 27.0 Å². The summed E-state index contributed by atoms with van der Waals surface area (Å²) < 4.78 is 6.71. The van der Waals surface area contributed by atoms with Crippen LogP contribution < -0.4 is 15.6 Å². The van der Waals surface area contributed by atoms with Gasteiger partial charge in [0.15, 0.2) is 0 Å². The molecule has 7 nitrogen and oxygen atoms in total. The van der Waals surface area contributed by atoms with Gasteiger partial charge >= 0.3 is 0 Å². The van der Waals surface area contributed by atoms with Crippen molar-refractivity contribution in [2.45, 2.75) is 20.0 Å². The molecular formula is C24H22N4O3S. The van der Waals surface area contributed by atoms with Gasteiger partial charge in [0, 0.05) is 22.6 Å². The standard InChI is InChI=1S/C24H22N4O3S/c1-2-31-20-10-8-17(9-11-20)21-12-23(30)28(16-26-21)14-22(29)25-13-19-15-32-24(27-19)18-6-4-3-5-7-18/h3-12,15-16H,2,13-14H2,1H3,(H,25,29). The number of hydrogen-bond donors (Lipinski definition) is 1. The molecule has 2 aromatic heterocycles. The molecule has 0 fully saturated rings. The molecule has 1 N–H and O–H groups in total. The molecule has 32 heavy (non-hydrogen) atoms. The maximum absolute atomic E-state index is 12.5. The molecule has 0 bridgehead atoms. The van der Waals surface area contributed by atoms with E-state index in [2.05, 4.69) is 15.3 Å². The topological polar surface area (TPSA) is 86.1 Å². The summed E-state index contributed by atoms with van der Waals surface area (Å²) >= 11 is 1.53. The highest BCUT2D eigenvalue weighted by Crippen LogP contribution is 2.23. The fourth-order valence-corrected chi connectivity index (χ4v) is 3.92. The molecule has 0 aliphatic rings. The number of nitrogens with one attached hydrogen (secondary N) is 1. The number of ether oxygens (including phenoxy) is 1. The zero-order valence-electron chi connectivity index (χ0n) is 17.5. The highest BCUT2D eigenvalue weighted by molar-refractivity contribution is 7.13. The van der Waals surface area contributed by atoms with Crippen molar-refractivity contribution >= 4 is 17.2 Å². The number of aromatic nitrogens is 3. The number of thiazole rings is 1. The minimum atomic E-state index is -0.293. The first-order valence-corrected chi connectivity index (χ1v) is 11.1. The van der Waals surface area contributed by atoms with Gasteiger partial charge in [-0.3, -0.25) is 14.2 Å². The second-order valence-corrected chi connectivity index (χ2v) is 7.84. The van der Waals surface area contributed by atoms with Crippen molar-refractivity contribution in [3.05, 3.63) is 88.4 Å². The predicted molar refractivity (Wildman–Crippen MR) is 124 cm³/mol. The summed E-state index contributed by atoms with van der Waals surface area (Å²) in [5.74, 6) is 0.481. The lowest BCUT2D eigenvalue weighted by Gasteiger charge is -2.08. The SMILES string of the molecule is CCOc1ccc(-c2cc(=O)n(CC(=O)NCc3csc(-c4ccccc4)n3)cn2)cc1. The summed E-state index contributed by atoms with van der Waals surface area (Å²) in [4.78, 5) is 33.7. The van der Waals surface area contributed by atoms with Crippen LogP contribution in [0, 0.1) is 0 Å². The molecule has 4 aromatic rings. The summed E-state index contributed by atoms with van der Waals surface area (Å²) in [6.07, 6.45) is 1.39. The van der Waals surface area contributed by atoms with E-state index in [1.54, 1.807) is 0 Å². The Balaban J connectivity index is 1.35. The van der Waals surface area contributed by atoms with Crippen molar-refractivity contribution in [3.63, 3.8) is 0 Å². The Morgan fingerprint density at radius 2 is 1.88 bits per heavy atom. The number of amides is 1. The Labute approximate surface area is 189 Å². The van der Waals surface area contributed by atoms with Gasteiger partial charge in [-0.15, -0.1) is 11.3 Å². The second-order valence-electron chi connectivity index (χ2n) is 6.98. The van der Waals surface area contributed by atoms with Crippen molar-refractivity contribution in [1.29, 1.82) is 0 Å². The molecule has 1 amide bonds. The molecule has 162 valence electrons. The molecule has 2 heterocycles. The Hall–Kier alpha value is -3.78. The lowest BCUT2D eigenvalue weighted by Crippen LogP contribution is -2.32. The van der Waals surface area contributed by atoms with Crippen molar-refractivity contribution in [1.82, 2.24) is 19.9 Å². The summed E-state index contributed by atoms with van der Waals surface area (Å²) in [5, 5.41) is 5.63. The van der Waals surface area contributed by atoms with Gasteiger partial charge in [0.1, 0.15) is 17.3 Å². The van der Waals surface area contributed by atoms with Crippen LogP contribution in [0.2, 0.25) is 0 Å². The maximum atomic E-state index is 12.5. The third-order valence-electron chi connectivity index (χ3n) is 4.69. The van der Waals surface area contributed by atoms with Crippen molar-refractivity contribution in [3.8, 4) is 27.6 Å². The van der Waals surface area contributed by atoms with E-state index in [1.165, 1.54) is 28.3 Å². The van der Waals surface area contributed by atoms with E-state index >= 15 is 0 Å². The molecule has 0 spiro atoms. The molecule has 0 aliphatic heterocycles. The van der Waals surface area contributed by atoms with Gasteiger partial charge < -0.3 is 10.1 Å². The Kier molecular flexibility index (Phi) is 6.72. The minimum Gasteiger partial charge on any atom is -0.494 e. The second kappa shape index (κ2) is 10.0. The highest BCUT2D eigenvalue weighted by Gasteiger charge is 2.09. The number of rotatable bonds is 8. The maximum Gasteiger partial charge on any atom is 0.254 e. The average molecular weight is 447 g/mol. The third-order valence-corrected chi connectivity index (χ3v) is 5.63. The molecule has 0 saturated carbocycles. The summed E-state index contributed by atoms with van der Waals surface area (Å²) in [6, 6.07) is 18.7. The highest BCUT2D eigenvalue weighted by atomic mass is 32.1. The molecule has 0 saturated heterocycles. The lowest BCUT2D eigenvalue weighted by atomic mass is 10.1. The van der Waals surface area contributed by atoms with Crippen molar-refractivity contribution < 1.29 is 9.53 Å². The number of benzene rings is 2. The van der Waals surface area contributed by atoms with Gasteiger partial charge in [0.05, 0.1) is 30.9 Å². The fourth-order valence-electron chi connectivity index (χ4n) is 3.09. The lowest BCUT2D eigenvalue weighted by molar-refractivity contribution is -0.121. The molecule has 0 aliphatic carbocycles. The number of hydrogen-bond acceptors (Lipinski definition) is 6. The van der Waals surface area contributed by atoms with Gasteiger partial charge in [-0.25, -0.2) is 9.97 Å². The Bertz CT molecular complexity index is 1250. The van der Waals surface area contributed by atoms with Gasteiger partial charge in [-0.1, -0.05) is 30.3 Å². The first kappa shape index (κ1) is 21.5. The van der Waals surface area contributed by atoms with Crippen LogP contribution in [0.3, 0.4) is 0 Å². The van der Waals surface area contributed by atoms with E-state index in [-0.39, 0.29) is 18.0 Å². The number of nitrogens with zero attached hydrogens (tertiary/aromatic N) is 3. The molecular weight excluding hydrogens is 424 g/mol. The Morgan fingerprint density at radius 1 is 1.09 bits per heavy atom. The van der Waals surface area contributed by atoms with E-state index in [1.807, 2.05) is 66.9 Å². The van der Waals surface area contributed by atoms with Crippen LogP contribution in [0.5, 0.6) is 5.75 Å².